The molecule has 1 unspecified atom stereocenters. The predicted molar refractivity (Wildman–Crippen MR) is 119 cm³/mol. The Balaban J connectivity index is 1.68. The van der Waals surface area contributed by atoms with Crippen LogP contribution in [0.1, 0.15) is 20.3 Å². The van der Waals surface area contributed by atoms with Gasteiger partial charge in [0.05, 0.1) is 37.0 Å². The zero-order valence-electron chi connectivity index (χ0n) is 18.1. The maximum absolute atomic E-state index is 12.9. The third-order valence-electron chi connectivity index (χ3n) is 4.98. The van der Waals surface area contributed by atoms with E-state index in [-0.39, 0.29) is 35.1 Å². The molecule has 0 radical (unpaired) electrons. The smallest absolute Gasteiger partial charge is 0.233 e. The number of aromatic nitrogens is 3. The molecular weight excluding hydrogens is 440 g/mol. The van der Waals surface area contributed by atoms with Gasteiger partial charge in [0.1, 0.15) is 11.5 Å². The molecule has 2 heterocycles. The molecule has 1 aliphatic heterocycles. The minimum atomic E-state index is -3.07. The summed E-state index contributed by atoms with van der Waals surface area (Å²) in [6.45, 7) is 4.56. The molecule has 0 saturated carbocycles. The molecule has 1 fully saturated rings. The van der Waals surface area contributed by atoms with Crippen LogP contribution >= 0.6 is 11.8 Å². The molecular formula is C20H28N4O5S2. The fraction of sp³-hybridized carbons (Fsp3) is 0.550. The Morgan fingerprint density at radius 3 is 2.71 bits per heavy atom. The standard InChI is InChI=1S/C20H28N4O5S2/c1-13(2)10-24(14-7-8-31(26,27)12-14)18(25)11-30-20-21-19(22-23-20)16-6-5-15(28-3)9-17(16)29-4/h5-6,9,13-14H,7-8,10-12H2,1-4H3,(H,21,22,23). The van der Waals surface area contributed by atoms with Crippen molar-refractivity contribution in [1.29, 1.82) is 0 Å². The molecule has 1 aliphatic rings. The van der Waals surface area contributed by atoms with Crippen molar-refractivity contribution in [2.75, 3.05) is 38.0 Å². The number of benzene rings is 1. The number of sulfone groups is 1. The van der Waals surface area contributed by atoms with Gasteiger partial charge in [-0.1, -0.05) is 25.6 Å². The van der Waals surface area contributed by atoms with Gasteiger partial charge in [0, 0.05) is 18.7 Å². The lowest BCUT2D eigenvalue weighted by atomic mass is 10.1. The number of rotatable bonds is 9. The fourth-order valence-electron chi connectivity index (χ4n) is 3.50. The van der Waals surface area contributed by atoms with Crippen LogP contribution in [-0.4, -0.2) is 78.5 Å². The van der Waals surface area contributed by atoms with Gasteiger partial charge in [-0.2, -0.15) is 0 Å². The van der Waals surface area contributed by atoms with Crippen molar-refractivity contribution in [3.8, 4) is 22.9 Å². The Bertz CT molecular complexity index is 1020. The van der Waals surface area contributed by atoms with Crippen LogP contribution in [0.5, 0.6) is 11.5 Å². The summed E-state index contributed by atoms with van der Waals surface area (Å²) >= 11 is 1.22. The molecule has 1 aromatic carbocycles. The lowest BCUT2D eigenvalue weighted by Gasteiger charge is -2.29. The third kappa shape index (κ3) is 5.91. The molecule has 11 heteroatoms. The van der Waals surface area contributed by atoms with E-state index in [0.717, 1.165) is 5.56 Å². The maximum atomic E-state index is 12.9. The first-order valence-corrected chi connectivity index (χ1v) is 12.8. The van der Waals surface area contributed by atoms with Gasteiger partial charge in [0.15, 0.2) is 15.7 Å². The molecule has 1 saturated heterocycles. The summed E-state index contributed by atoms with van der Waals surface area (Å²) in [5, 5.41) is 7.51. The number of amides is 1. The molecule has 0 spiro atoms. The zero-order chi connectivity index (χ0) is 22.6. The number of carbonyl (C=O) groups excluding carboxylic acids is 1. The highest BCUT2D eigenvalue weighted by Crippen LogP contribution is 2.32. The molecule has 1 amide bonds. The van der Waals surface area contributed by atoms with Crippen molar-refractivity contribution >= 4 is 27.5 Å². The quantitative estimate of drug-likeness (QED) is 0.558. The van der Waals surface area contributed by atoms with Crippen molar-refractivity contribution in [3.05, 3.63) is 18.2 Å². The maximum Gasteiger partial charge on any atom is 0.233 e. The number of H-pyrrole nitrogens is 1. The molecule has 170 valence electrons. The number of aromatic amines is 1. The average Bonchev–Trinajstić information content (AvgIpc) is 3.35. The number of hydrogen-bond acceptors (Lipinski definition) is 8. The summed E-state index contributed by atoms with van der Waals surface area (Å²) < 4.78 is 34.4. The normalized spacial score (nSPS) is 17.6. The van der Waals surface area contributed by atoms with Crippen LogP contribution in [0.4, 0.5) is 0 Å². The van der Waals surface area contributed by atoms with Gasteiger partial charge in [0.2, 0.25) is 11.1 Å². The van der Waals surface area contributed by atoms with Crippen molar-refractivity contribution in [2.24, 2.45) is 5.92 Å². The molecule has 1 aromatic heterocycles. The zero-order valence-corrected chi connectivity index (χ0v) is 19.8. The van der Waals surface area contributed by atoms with Crippen LogP contribution in [0.15, 0.2) is 23.4 Å². The van der Waals surface area contributed by atoms with Crippen molar-refractivity contribution in [3.63, 3.8) is 0 Å². The van der Waals surface area contributed by atoms with E-state index in [0.29, 0.717) is 35.4 Å². The lowest BCUT2D eigenvalue weighted by molar-refractivity contribution is -0.130. The number of methoxy groups -OCH3 is 2. The van der Waals surface area contributed by atoms with E-state index >= 15 is 0 Å². The van der Waals surface area contributed by atoms with Gasteiger partial charge >= 0.3 is 0 Å². The molecule has 31 heavy (non-hydrogen) atoms. The molecule has 1 atom stereocenters. The molecule has 2 aromatic rings. The van der Waals surface area contributed by atoms with E-state index in [1.54, 1.807) is 31.3 Å². The third-order valence-corrected chi connectivity index (χ3v) is 7.57. The van der Waals surface area contributed by atoms with Gasteiger partial charge in [0.25, 0.3) is 0 Å². The monoisotopic (exact) mass is 468 g/mol. The summed E-state index contributed by atoms with van der Waals surface area (Å²) in [4.78, 5) is 19.1. The Hall–Kier alpha value is -2.27. The van der Waals surface area contributed by atoms with Crippen LogP contribution in [-0.2, 0) is 14.6 Å². The average molecular weight is 469 g/mol. The Morgan fingerprint density at radius 1 is 1.32 bits per heavy atom. The Kier molecular flexibility index (Phi) is 7.47. The Labute approximate surface area is 186 Å². The largest absolute Gasteiger partial charge is 0.497 e. The number of thioether (sulfide) groups is 1. The first kappa shape index (κ1) is 23.4. The summed E-state index contributed by atoms with van der Waals surface area (Å²) in [5.74, 6) is 2.24. The lowest BCUT2D eigenvalue weighted by Crippen LogP contribution is -2.44. The molecule has 9 nitrogen and oxygen atoms in total. The van der Waals surface area contributed by atoms with E-state index in [2.05, 4.69) is 15.2 Å². The topological polar surface area (TPSA) is 114 Å². The summed E-state index contributed by atoms with van der Waals surface area (Å²) in [7, 11) is 0.0795. The molecule has 1 N–H and O–H groups in total. The minimum Gasteiger partial charge on any atom is -0.497 e. The Morgan fingerprint density at radius 2 is 2.10 bits per heavy atom. The summed E-state index contributed by atoms with van der Waals surface area (Å²) in [6, 6.07) is 5.12. The summed E-state index contributed by atoms with van der Waals surface area (Å²) in [5.41, 5.74) is 0.728. The second kappa shape index (κ2) is 9.90. The first-order valence-electron chi connectivity index (χ1n) is 10.00. The highest BCUT2D eigenvalue weighted by Gasteiger charge is 2.34. The molecule has 0 bridgehead atoms. The van der Waals surface area contributed by atoms with Gasteiger partial charge in [-0.05, 0) is 24.5 Å². The van der Waals surface area contributed by atoms with Gasteiger partial charge in [-0.25, -0.2) is 13.4 Å². The second-order valence-electron chi connectivity index (χ2n) is 7.82. The number of nitrogens with zero attached hydrogens (tertiary/aromatic N) is 3. The van der Waals surface area contributed by atoms with Crippen LogP contribution in [0.2, 0.25) is 0 Å². The fourth-order valence-corrected chi connectivity index (χ4v) is 5.92. The van der Waals surface area contributed by atoms with E-state index in [9.17, 15) is 13.2 Å². The van der Waals surface area contributed by atoms with E-state index in [1.807, 2.05) is 19.9 Å². The van der Waals surface area contributed by atoms with E-state index < -0.39 is 9.84 Å². The number of ether oxygens (including phenoxy) is 2. The van der Waals surface area contributed by atoms with Crippen LogP contribution in [0.25, 0.3) is 11.4 Å². The van der Waals surface area contributed by atoms with Crippen molar-refractivity contribution in [2.45, 2.75) is 31.5 Å². The van der Waals surface area contributed by atoms with Crippen LogP contribution < -0.4 is 9.47 Å². The predicted octanol–water partition coefficient (Wildman–Crippen LogP) is 2.25. The number of hydrogen-bond donors (Lipinski definition) is 1. The highest BCUT2D eigenvalue weighted by atomic mass is 32.2. The van der Waals surface area contributed by atoms with Crippen LogP contribution in [0, 0.1) is 5.92 Å². The minimum absolute atomic E-state index is 0.0399. The van der Waals surface area contributed by atoms with Crippen LogP contribution in [0.3, 0.4) is 0 Å². The van der Waals surface area contributed by atoms with Crippen molar-refractivity contribution in [1.82, 2.24) is 20.1 Å². The highest BCUT2D eigenvalue weighted by molar-refractivity contribution is 7.99. The second-order valence-corrected chi connectivity index (χ2v) is 11.0. The van der Waals surface area contributed by atoms with Gasteiger partial charge in [-0.3, -0.25) is 9.89 Å². The first-order chi connectivity index (χ1) is 14.7. The summed E-state index contributed by atoms with van der Waals surface area (Å²) in [6.07, 6.45) is 0.494. The number of carbonyl (C=O) groups is 1. The van der Waals surface area contributed by atoms with Gasteiger partial charge in [-0.15, -0.1) is 5.10 Å². The number of nitrogens with one attached hydrogen (secondary N) is 1. The van der Waals surface area contributed by atoms with Crippen molar-refractivity contribution < 1.29 is 22.7 Å². The van der Waals surface area contributed by atoms with Gasteiger partial charge < -0.3 is 14.4 Å². The SMILES string of the molecule is COc1ccc(-c2nc(SCC(=O)N(CC(C)C)C3CCS(=O)(=O)C3)n[nH]2)c(OC)c1. The molecule has 3 rings (SSSR count). The molecule has 0 aliphatic carbocycles. The van der Waals surface area contributed by atoms with E-state index in [1.165, 1.54) is 11.8 Å². The van der Waals surface area contributed by atoms with E-state index in [4.69, 9.17) is 9.47 Å².